The van der Waals surface area contributed by atoms with Crippen molar-refractivity contribution in [2.24, 2.45) is 0 Å². The fourth-order valence-corrected chi connectivity index (χ4v) is 2.66. The fourth-order valence-electron chi connectivity index (χ4n) is 1.79. The topological polar surface area (TPSA) is 85.0 Å². The number of aromatic nitrogens is 2. The molecule has 0 aliphatic rings. The molecule has 0 aliphatic carbocycles. The van der Waals surface area contributed by atoms with Gasteiger partial charge >= 0.3 is 0 Å². The minimum absolute atomic E-state index is 0.428. The first kappa shape index (κ1) is 15.1. The lowest BCUT2D eigenvalue weighted by molar-refractivity contribution is 0.415. The molecule has 110 valence electrons. The molecule has 0 amide bonds. The van der Waals surface area contributed by atoms with Crippen molar-refractivity contribution < 1.29 is 13.2 Å². The molecule has 2 aromatic rings. The Balaban J connectivity index is 2.55. The zero-order chi connectivity index (χ0) is 15.6. The first-order valence-corrected chi connectivity index (χ1v) is 7.78. The van der Waals surface area contributed by atoms with E-state index in [1.165, 1.54) is 19.5 Å². The second-order valence-corrected chi connectivity index (χ2v) is 7.07. The van der Waals surface area contributed by atoms with E-state index in [0.717, 1.165) is 4.09 Å². The fraction of sp³-hybridized carbons (Fsp3) is 0.286. The highest BCUT2D eigenvalue weighted by Gasteiger charge is 2.20. The highest BCUT2D eigenvalue weighted by Crippen LogP contribution is 2.27. The van der Waals surface area contributed by atoms with Crippen LogP contribution >= 0.6 is 0 Å². The second kappa shape index (κ2) is 5.58. The molecule has 0 N–H and O–H groups in total. The number of hydrogen-bond donors (Lipinski definition) is 0. The second-order valence-electron chi connectivity index (χ2n) is 4.72. The maximum atomic E-state index is 12.1. The first-order valence-electron chi connectivity index (χ1n) is 6.27. The van der Waals surface area contributed by atoms with Gasteiger partial charge in [0.2, 0.25) is 0 Å². The third-order valence-corrected chi connectivity index (χ3v) is 4.99. The van der Waals surface area contributed by atoms with Gasteiger partial charge in [0.05, 0.1) is 36.4 Å². The number of nitriles is 1. The van der Waals surface area contributed by atoms with Gasteiger partial charge in [-0.15, -0.1) is 0 Å². The van der Waals surface area contributed by atoms with Crippen LogP contribution in [0.4, 0.5) is 0 Å². The van der Waals surface area contributed by atoms with Gasteiger partial charge in [0, 0.05) is 11.1 Å². The Morgan fingerprint density at radius 3 is 2.67 bits per heavy atom. The van der Waals surface area contributed by atoms with Crippen molar-refractivity contribution in [2.75, 3.05) is 7.11 Å². The van der Waals surface area contributed by atoms with E-state index >= 15 is 0 Å². The predicted molar refractivity (Wildman–Crippen MR) is 78.4 cm³/mol. The number of ether oxygens (including phenoxy) is 1. The lowest BCUT2D eigenvalue weighted by Gasteiger charge is -2.07. The van der Waals surface area contributed by atoms with Crippen LogP contribution < -0.4 is 4.74 Å². The van der Waals surface area contributed by atoms with Gasteiger partial charge in [-0.2, -0.15) is 14.4 Å². The zero-order valence-corrected chi connectivity index (χ0v) is 12.8. The van der Waals surface area contributed by atoms with E-state index in [2.05, 4.69) is 11.2 Å². The summed E-state index contributed by atoms with van der Waals surface area (Å²) in [6.45, 7) is 3.17. The molecule has 2 rings (SSSR count). The van der Waals surface area contributed by atoms with Gasteiger partial charge in [-0.05, 0) is 32.0 Å². The van der Waals surface area contributed by atoms with Crippen molar-refractivity contribution in [1.82, 2.24) is 9.19 Å². The molecule has 0 spiro atoms. The highest BCUT2D eigenvalue weighted by atomic mass is 32.2. The van der Waals surface area contributed by atoms with Crippen LogP contribution in [0, 0.1) is 11.3 Å². The van der Waals surface area contributed by atoms with Gasteiger partial charge in [0.15, 0.2) is 0 Å². The average molecular weight is 305 g/mol. The Morgan fingerprint density at radius 1 is 1.38 bits per heavy atom. The van der Waals surface area contributed by atoms with Crippen molar-refractivity contribution in [2.45, 2.75) is 19.1 Å². The Kier molecular flexibility index (Phi) is 4.00. The van der Waals surface area contributed by atoms with Crippen molar-refractivity contribution in [1.29, 1.82) is 5.26 Å². The third kappa shape index (κ3) is 2.76. The van der Waals surface area contributed by atoms with Crippen LogP contribution in [0.25, 0.3) is 11.1 Å². The largest absolute Gasteiger partial charge is 0.497 e. The minimum Gasteiger partial charge on any atom is -0.497 e. The van der Waals surface area contributed by atoms with Crippen molar-refractivity contribution >= 4 is 10.0 Å². The molecule has 0 radical (unpaired) electrons. The molecule has 1 aromatic carbocycles. The summed E-state index contributed by atoms with van der Waals surface area (Å²) in [5.74, 6) is 0.587. The van der Waals surface area contributed by atoms with Crippen molar-refractivity contribution in [3.8, 4) is 22.9 Å². The van der Waals surface area contributed by atoms with Crippen LogP contribution in [0.2, 0.25) is 0 Å². The minimum atomic E-state index is -3.51. The Bertz CT molecular complexity index is 801. The highest BCUT2D eigenvalue weighted by molar-refractivity contribution is 7.90. The zero-order valence-electron chi connectivity index (χ0n) is 11.9. The molecule has 0 atom stereocenters. The summed E-state index contributed by atoms with van der Waals surface area (Å²) in [4.78, 5) is 0. The first-order chi connectivity index (χ1) is 9.90. The molecular formula is C14H15N3O3S. The van der Waals surface area contributed by atoms with Crippen LogP contribution in [-0.4, -0.2) is 30.0 Å². The van der Waals surface area contributed by atoms with Crippen LogP contribution in [0.1, 0.15) is 19.4 Å². The molecule has 1 heterocycles. The molecule has 0 saturated carbocycles. The molecule has 6 nitrogen and oxygen atoms in total. The monoisotopic (exact) mass is 305 g/mol. The summed E-state index contributed by atoms with van der Waals surface area (Å²) in [5.41, 5.74) is 1.56. The number of methoxy groups -OCH3 is 1. The summed E-state index contributed by atoms with van der Waals surface area (Å²) >= 11 is 0. The summed E-state index contributed by atoms with van der Waals surface area (Å²) in [5, 5.41) is 12.5. The molecule has 0 bridgehead atoms. The quantitative estimate of drug-likeness (QED) is 0.862. The lowest BCUT2D eigenvalue weighted by Crippen LogP contribution is -2.22. The molecule has 0 unspecified atom stereocenters. The summed E-state index contributed by atoms with van der Waals surface area (Å²) in [6.07, 6.45) is 2.83. The van der Waals surface area contributed by atoms with Gasteiger partial charge in [-0.25, -0.2) is 8.42 Å². The van der Waals surface area contributed by atoms with Gasteiger partial charge in [-0.3, -0.25) is 0 Å². The van der Waals surface area contributed by atoms with E-state index in [-0.39, 0.29) is 0 Å². The van der Waals surface area contributed by atoms with Crippen LogP contribution in [0.3, 0.4) is 0 Å². The van der Waals surface area contributed by atoms with E-state index in [0.29, 0.717) is 22.4 Å². The van der Waals surface area contributed by atoms with E-state index in [1.54, 1.807) is 32.0 Å². The summed E-state index contributed by atoms with van der Waals surface area (Å²) < 4.78 is 30.2. The van der Waals surface area contributed by atoms with E-state index in [4.69, 9.17) is 10.00 Å². The standard InChI is InChI=1S/C14H15N3O3S/c1-10(2)21(18,19)17-9-12(8-16-17)14-6-13(20-3)5-4-11(14)7-15/h4-6,8-10H,1-3H3. The number of rotatable bonds is 4. The normalized spacial score (nSPS) is 11.4. The third-order valence-electron chi connectivity index (χ3n) is 3.07. The molecular weight excluding hydrogens is 290 g/mol. The average Bonchev–Trinajstić information content (AvgIpc) is 2.96. The number of benzene rings is 1. The molecule has 0 saturated heterocycles. The summed E-state index contributed by atoms with van der Waals surface area (Å²) in [6, 6.07) is 7.06. The van der Waals surface area contributed by atoms with E-state index in [1.807, 2.05) is 0 Å². The van der Waals surface area contributed by atoms with Crippen molar-refractivity contribution in [3.63, 3.8) is 0 Å². The maximum absolute atomic E-state index is 12.1. The SMILES string of the molecule is COc1ccc(C#N)c(-c2cnn(S(=O)(=O)C(C)C)c2)c1. The van der Waals surface area contributed by atoms with E-state index < -0.39 is 15.3 Å². The summed E-state index contributed by atoms with van der Waals surface area (Å²) in [7, 11) is -1.98. The van der Waals surface area contributed by atoms with Crippen molar-refractivity contribution in [3.05, 3.63) is 36.2 Å². The maximum Gasteiger partial charge on any atom is 0.256 e. The number of nitrogens with zero attached hydrogens (tertiary/aromatic N) is 3. The smallest absolute Gasteiger partial charge is 0.256 e. The molecule has 0 aliphatic heterocycles. The van der Waals surface area contributed by atoms with Crippen LogP contribution in [0.15, 0.2) is 30.6 Å². The van der Waals surface area contributed by atoms with Gasteiger partial charge in [-0.1, -0.05) is 0 Å². The Morgan fingerprint density at radius 2 is 2.10 bits per heavy atom. The molecule has 0 fully saturated rings. The molecule has 7 heteroatoms. The van der Waals surface area contributed by atoms with Crippen LogP contribution in [0.5, 0.6) is 5.75 Å². The molecule has 1 aromatic heterocycles. The Hall–Kier alpha value is -2.33. The van der Waals surface area contributed by atoms with Gasteiger partial charge < -0.3 is 4.74 Å². The number of hydrogen-bond acceptors (Lipinski definition) is 5. The van der Waals surface area contributed by atoms with Crippen LogP contribution in [-0.2, 0) is 10.0 Å². The van der Waals surface area contributed by atoms with Gasteiger partial charge in [0.1, 0.15) is 5.75 Å². The predicted octanol–water partition coefficient (Wildman–Crippen LogP) is 2.02. The Labute approximate surface area is 123 Å². The van der Waals surface area contributed by atoms with Gasteiger partial charge in [0.25, 0.3) is 10.0 Å². The molecule has 21 heavy (non-hydrogen) atoms. The lowest BCUT2D eigenvalue weighted by atomic mass is 10.0. The van der Waals surface area contributed by atoms with E-state index in [9.17, 15) is 8.42 Å².